The third-order valence-corrected chi connectivity index (χ3v) is 8.73. The number of rotatable bonds is 6. The second-order valence-corrected chi connectivity index (χ2v) is 11.0. The zero-order valence-corrected chi connectivity index (χ0v) is 21.3. The number of fused-ring (bicyclic) bond motifs is 1. The van der Waals surface area contributed by atoms with Gasteiger partial charge in [0, 0.05) is 42.7 Å². The molecule has 1 atom stereocenters. The van der Waals surface area contributed by atoms with Crippen LogP contribution in [0.15, 0.2) is 36.7 Å². The van der Waals surface area contributed by atoms with Crippen LogP contribution in [0.3, 0.4) is 0 Å². The maximum Gasteiger partial charge on any atom is 0.151 e. The first-order chi connectivity index (χ1) is 18.2. The number of anilines is 1. The van der Waals surface area contributed by atoms with Crippen LogP contribution in [0, 0.1) is 5.41 Å². The molecule has 10 heteroatoms. The van der Waals surface area contributed by atoms with Gasteiger partial charge in [0.25, 0.3) is 0 Å². The number of hydrogen-bond donors (Lipinski definition) is 1. The van der Waals surface area contributed by atoms with Gasteiger partial charge in [-0.25, -0.2) is 4.68 Å². The van der Waals surface area contributed by atoms with Crippen LogP contribution in [0.2, 0.25) is 0 Å². The molecule has 1 N–H and O–H groups in total. The fraction of sp³-hybridized carbons (Fsp3) is 0.519. The number of ether oxygens (including phenoxy) is 1. The molecule has 7 rings (SSSR count). The van der Waals surface area contributed by atoms with Gasteiger partial charge in [0.05, 0.1) is 37.3 Å². The van der Waals surface area contributed by atoms with E-state index < -0.39 is 0 Å². The maximum absolute atomic E-state index is 5.44. The standard InChI is InChI=1S/C27H33N9O/c1-37-21-12-22(23-14-28-30-24(23)13-21)25-17-36(33-31-25)15-19-5-6-26(32-29-19)34-10-2-4-20(16-34)35-11-9-27(18-35)7-3-8-27/h5-6,12-14,17,20H,2-4,7-11,15-16,18H2,1H3,(H,28,30). The molecule has 0 amide bonds. The molecule has 3 aliphatic rings. The SMILES string of the molecule is COc1cc(-c2cn(Cc3ccc(N4CCCC(N5CCC6(CCC6)C5)C4)nn3)nn2)c2cn[nH]c2c1. The molecule has 3 fully saturated rings. The van der Waals surface area contributed by atoms with E-state index in [4.69, 9.17) is 4.74 Å². The van der Waals surface area contributed by atoms with Gasteiger partial charge in [-0.05, 0) is 62.3 Å². The van der Waals surface area contributed by atoms with Crippen LogP contribution >= 0.6 is 0 Å². The van der Waals surface area contributed by atoms with Crippen molar-refractivity contribution < 1.29 is 4.74 Å². The van der Waals surface area contributed by atoms with E-state index in [0.717, 1.165) is 52.5 Å². The fourth-order valence-corrected chi connectivity index (χ4v) is 6.45. The Balaban J connectivity index is 1.02. The second-order valence-electron chi connectivity index (χ2n) is 11.0. The predicted octanol–water partition coefficient (Wildman–Crippen LogP) is 3.51. The molecule has 1 saturated carbocycles. The number of methoxy groups -OCH3 is 1. The fourth-order valence-electron chi connectivity index (χ4n) is 6.45. The highest BCUT2D eigenvalue weighted by atomic mass is 16.5. The number of H-pyrrole nitrogens is 1. The molecular formula is C27H33N9O. The number of benzene rings is 1. The van der Waals surface area contributed by atoms with E-state index in [1.807, 2.05) is 18.3 Å². The first-order valence-corrected chi connectivity index (χ1v) is 13.4. The second kappa shape index (κ2) is 9.09. The molecule has 10 nitrogen and oxygen atoms in total. The molecule has 2 saturated heterocycles. The van der Waals surface area contributed by atoms with E-state index in [-0.39, 0.29) is 0 Å². The van der Waals surface area contributed by atoms with Gasteiger partial charge >= 0.3 is 0 Å². The molecule has 0 bridgehead atoms. The summed E-state index contributed by atoms with van der Waals surface area (Å²) in [7, 11) is 1.65. The number of hydrogen-bond acceptors (Lipinski definition) is 8. The quantitative estimate of drug-likeness (QED) is 0.430. The lowest BCUT2D eigenvalue weighted by Gasteiger charge is -2.41. The molecule has 37 heavy (non-hydrogen) atoms. The van der Waals surface area contributed by atoms with Gasteiger partial charge < -0.3 is 9.64 Å². The van der Waals surface area contributed by atoms with E-state index >= 15 is 0 Å². The number of aromatic nitrogens is 7. The van der Waals surface area contributed by atoms with Crippen LogP contribution in [0.5, 0.6) is 5.75 Å². The minimum atomic E-state index is 0.511. The molecular weight excluding hydrogens is 466 g/mol. The lowest BCUT2D eigenvalue weighted by Crippen LogP contribution is -2.48. The maximum atomic E-state index is 5.44. The van der Waals surface area contributed by atoms with Crippen LogP contribution in [0.25, 0.3) is 22.2 Å². The summed E-state index contributed by atoms with van der Waals surface area (Å²) in [6, 6.07) is 8.69. The topological polar surface area (TPSA) is 101 Å². The van der Waals surface area contributed by atoms with Crippen LogP contribution in [0.1, 0.15) is 44.2 Å². The first-order valence-electron chi connectivity index (χ1n) is 13.4. The summed E-state index contributed by atoms with van der Waals surface area (Å²) in [4.78, 5) is 5.18. The molecule has 192 valence electrons. The van der Waals surface area contributed by atoms with Crippen LogP contribution in [-0.2, 0) is 6.54 Å². The molecule has 1 aliphatic carbocycles. The highest BCUT2D eigenvalue weighted by Crippen LogP contribution is 2.48. The van der Waals surface area contributed by atoms with Crippen molar-refractivity contribution in [1.29, 1.82) is 0 Å². The van der Waals surface area contributed by atoms with Crippen molar-refractivity contribution in [1.82, 2.24) is 40.3 Å². The zero-order chi connectivity index (χ0) is 24.8. The summed E-state index contributed by atoms with van der Waals surface area (Å²) in [5.74, 6) is 1.72. The summed E-state index contributed by atoms with van der Waals surface area (Å²) in [5, 5.41) is 26.0. The van der Waals surface area contributed by atoms with Gasteiger partial charge in [-0.3, -0.25) is 10.00 Å². The van der Waals surface area contributed by atoms with Gasteiger partial charge in [-0.2, -0.15) is 10.2 Å². The zero-order valence-electron chi connectivity index (χ0n) is 21.3. The number of likely N-dealkylation sites (tertiary alicyclic amines) is 1. The molecule has 2 aliphatic heterocycles. The van der Waals surface area contributed by atoms with Crippen molar-refractivity contribution in [2.75, 3.05) is 38.2 Å². The summed E-state index contributed by atoms with van der Waals surface area (Å²) < 4.78 is 7.24. The highest BCUT2D eigenvalue weighted by molar-refractivity contribution is 5.94. The van der Waals surface area contributed by atoms with Gasteiger partial charge in [0.15, 0.2) is 5.82 Å². The number of nitrogens with one attached hydrogen (secondary N) is 1. The van der Waals surface area contributed by atoms with E-state index in [0.29, 0.717) is 18.0 Å². The monoisotopic (exact) mass is 499 g/mol. The van der Waals surface area contributed by atoms with Crippen LogP contribution in [0.4, 0.5) is 5.82 Å². The largest absolute Gasteiger partial charge is 0.497 e. The minimum Gasteiger partial charge on any atom is -0.497 e. The van der Waals surface area contributed by atoms with Crippen LogP contribution < -0.4 is 9.64 Å². The number of aromatic amines is 1. The Morgan fingerprint density at radius 1 is 1.08 bits per heavy atom. The minimum absolute atomic E-state index is 0.511. The summed E-state index contributed by atoms with van der Waals surface area (Å²) in [6.45, 7) is 5.19. The Labute approximate surface area is 216 Å². The molecule has 5 heterocycles. The average Bonchev–Trinajstić information content (AvgIpc) is 3.68. The van der Waals surface area contributed by atoms with Crippen molar-refractivity contribution in [3.8, 4) is 17.0 Å². The Bertz CT molecular complexity index is 1390. The van der Waals surface area contributed by atoms with Gasteiger partial charge in [-0.1, -0.05) is 11.6 Å². The number of piperidine rings is 1. The molecule has 1 spiro atoms. The van der Waals surface area contributed by atoms with E-state index in [1.165, 1.54) is 51.6 Å². The Morgan fingerprint density at radius 2 is 2.03 bits per heavy atom. The first kappa shape index (κ1) is 22.7. The van der Waals surface area contributed by atoms with Crippen molar-refractivity contribution in [2.24, 2.45) is 5.41 Å². The van der Waals surface area contributed by atoms with Gasteiger partial charge in [-0.15, -0.1) is 10.2 Å². The number of nitrogens with zero attached hydrogens (tertiary/aromatic N) is 8. The lowest BCUT2D eigenvalue weighted by molar-refractivity contribution is 0.119. The summed E-state index contributed by atoms with van der Waals surface area (Å²) >= 11 is 0. The molecule has 4 aromatic rings. The Morgan fingerprint density at radius 3 is 2.81 bits per heavy atom. The van der Waals surface area contributed by atoms with Crippen molar-refractivity contribution in [3.05, 3.63) is 42.4 Å². The summed E-state index contributed by atoms with van der Waals surface area (Å²) in [6.07, 6.45) is 11.9. The van der Waals surface area contributed by atoms with Gasteiger partial charge in [0.2, 0.25) is 0 Å². The third kappa shape index (κ3) is 4.22. The van der Waals surface area contributed by atoms with Crippen molar-refractivity contribution in [2.45, 2.75) is 51.1 Å². The average molecular weight is 500 g/mol. The highest BCUT2D eigenvalue weighted by Gasteiger charge is 2.44. The molecule has 0 radical (unpaired) electrons. The van der Waals surface area contributed by atoms with E-state index in [2.05, 4.69) is 52.6 Å². The van der Waals surface area contributed by atoms with Crippen molar-refractivity contribution in [3.63, 3.8) is 0 Å². The summed E-state index contributed by atoms with van der Waals surface area (Å²) in [5.41, 5.74) is 4.11. The smallest absolute Gasteiger partial charge is 0.151 e. The molecule has 3 aromatic heterocycles. The molecule has 1 unspecified atom stereocenters. The lowest BCUT2D eigenvalue weighted by atomic mass is 9.68. The normalized spacial score (nSPS) is 21.5. The Kier molecular flexibility index (Phi) is 5.57. The van der Waals surface area contributed by atoms with Gasteiger partial charge in [0.1, 0.15) is 11.4 Å². The third-order valence-electron chi connectivity index (χ3n) is 8.73. The Hall–Kier alpha value is -3.53. The van der Waals surface area contributed by atoms with Crippen molar-refractivity contribution >= 4 is 16.7 Å². The predicted molar refractivity (Wildman–Crippen MR) is 141 cm³/mol. The van der Waals surface area contributed by atoms with Crippen LogP contribution in [-0.4, -0.2) is 79.6 Å². The molecule has 1 aromatic carbocycles. The van der Waals surface area contributed by atoms with E-state index in [9.17, 15) is 0 Å². The van der Waals surface area contributed by atoms with E-state index in [1.54, 1.807) is 18.0 Å².